The van der Waals surface area contributed by atoms with Gasteiger partial charge >= 0.3 is 0 Å². The van der Waals surface area contributed by atoms with E-state index < -0.39 is 0 Å². The van der Waals surface area contributed by atoms with Crippen LogP contribution in [0.4, 0.5) is 5.82 Å². The van der Waals surface area contributed by atoms with Crippen LogP contribution in [-0.2, 0) is 4.74 Å². The Morgan fingerprint density at radius 1 is 1.56 bits per heavy atom. The number of H-pyrrole nitrogens is 1. The van der Waals surface area contributed by atoms with Gasteiger partial charge in [0.2, 0.25) is 0 Å². The van der Waals surface area contributed by atoms with Gasteiger partial charge in [0.25, 0.3) is 5.56 Å². The van der Waals surface area contributed by atoms with E-state index in [2.05, 4.69) is 9.97 Å². The summed E-state index contributed by atoms with van der Waals surface area (Å²) < 4.78 is 5.14. The van der Waals surface area contributed by atoms with Gasteiger partial charge in [-0.3, -0.25) is 4.79 Å². The largest absolute Gasteiger partial charge is 0.384 e. The standard InChI is InChI=1S/C11H17N3O2/c1-16-8-9-2-6-14(7-3-9)10-11(15)13-5-4-12-10/h4-5,9H,2-3,6-8H2,1H3,(H,13,15). The number of aromatic nitrogens is 2. The minimum absolute atomic E-state index is 0.104. The molecule has 1 aromatic rings. The summed E-state index contributed by atoms with van der Waals surface area (Å²) in [4.78, 5) is 20.4. The first-order valence-corrected chi connectivity index (χ1v) is 5.59. The molecule has 1 saturated heterocycles. The number of hydrogen-bond acceptors (Lipinski definition) is 4. The van der Waals surface area contributed by atoms with Crippen molar-refractivity contribution in [2.45, 2.75) is 12.8 Å². The van der Waals surface area contributed by atoms with Crippen LogP contribution < -0.4 is 10.5 Å². The zero-order valence-corrected chi connectivity index (χ0v) is 9.48. The molecule has 0 aromatic carbocycles. The molecule has 0 saturated carbocycles. The number of rotatable bonds is 3. The Morgan fingerprint density at radius 3 is 2.94 bits per heavy atom. The third-order valence-corrected chi connectivity index (χ3v) is 3.01. The van der Waals surface area contributed by atoms with Crippen LogP contribution in [0.15, 0.2) is 17.2 Å². The van der Waals surface area contributed by atoms with E-state index in [1.165, 1.54) is 0 Å². The molecule has 1 fully saturated rings. The van der Waals surface area contributed by atoms with Crippen molar-refractivity contribution in [1.29, 1.82) is 0 Å². The van der Waals surface area contributed by atoms with Crippen molar-refractivity contribution in [2.75, 3.05) is 31.7 Å². The molecule has 0 spiro atoms. The van der Waals surface area contributed by atoms with Crippen molar-refractivity contribution in [3.05, 3.63) is 22.7 Å². The van der Waals surface area contributed by atoms with E-state index in [4.69, 9.17) is 4.74 Å². The van der Waals surface area contributed by atoms with Crippen LogP contribution in [0.2, 0.25) is 0 Å². The summed E-state index contributed by atoms with van der Waals surface area (Å²) >= 11 is 0. The number of nitrogens with zero attached hydrogens (tertiary/aromatic N) is 2. The van der Waals surface area contributed by atoms with Crippen LogP contribution in [0, 0.1) is 5.92 Å². The van der Waals surface area contributed by atoms with Gasteiger partial charge < -0.3 is 14.6 Å². The van der Waals surface area contributed by atoms with Gasteiger partial charge in [-0.05, 0) is 18.8 Å². The number of hydrogen-bond donors (Lipinski definition) is 1. The number of ether oxygens (including phenoxy) is 1. The number of piperidine rings is 1. The highest BCUT2D eigenvalue weighted by molar-refractivity contribution is 5.35. The van der Waals surface area contributed by atoms with Crippen LogP contribution in [0.3, 0.4) is 0 Å². The molecule has 16 heavy (non-hydrogen) atoms. The van der Waals surface area contributed by atoms with Crippen LogP contribution in [0.25, 0.3) is 0 Å². The third kappa shape index (κ3) is 2.41. The lowest BCUT2D eigenvalue weighted by Gasteiger charge is -2.31. The molecule has 1 aliphatic rings. The predicted octanol–water partition coefficient (Wildman–Crippen LogP) is 0.633. The van der Waals surface area contributed by atoms with Gasteiger partial charge in [-0.25, -0.2) is 4.98 Å². The number of methoxy groups -OCH3 is 1. The highest BCUT2D eigenvalue weighted by Crippen LogP contribution is 2.19. The first-order valence-electron chi connectivity index (χ1n) is 5.59. The molecule has 5 nitrogen and oxygen atoms in total. The fourth-order valence-corrected chi connectivity index (χ4v) is 2.12. The smallest absolute Gasteiger partial charge is 0.290 e. The molecule has 1 aliphatic heterocycles. The minimum Gasteiger partial charge on any atom is -0.384 e. The van der Waals surface area contributed by atoms with E-state index >= 15 is 0 Å². The zero-order valence-electron chi connectivity index (χ0n) is 9.48. The van der Waals surface area contributed by atoms with Crippen molar-refractivity contribution in [2.24, 2.45) is 5.92 Å². The summed E-state index contributed by atoms with van der Waals surface area (Å²) in [6, 6.07) is 0. The lowest BCUT2D eigenvalue weighted by atomic mass is 9.98. The Labute approximate surface area is 94.5 Å². The summed E-state index contributed by atoms with van der Waals surface area (Å²) in [6.45, 7) is 2.58. The van der Waals surface area contributed by atoms with Gasteiger partial charge in [-0.1, -0.05) is 0 Å². The summed E-state index contributed by atoms with van der Waals surface area (Å²) in [7, 11) is 1.73. The molecule has 0 radical (unpaired) electrons. The fourth-order valence-electron chi connectivity index (χ4n) is 2.12. The van der Waals surface area contributed by atoms with Gasteiger partial charge in [0.05, 0.1) is 0 Å². The van der Waals surface area contributed by atoms with Crippen molar-refractivity contribution in [3.63, 3.8) is 0 Å². The maximum atomic E-state index is 11.5. The Bertz CT molecular complexity index is 383. The molecular weight excluding hydrogens is 206 g/mol. The molecule has 0 unspecified atom stereocenters. The van der Waals surface area contributed by atoms with Gasteiger partial charge in [-0.15, -0.1) is 0 Å². The first-order chi connectivity index (χ1) is 7.81. The molecule has 1 N–H and O–H groups in total. The molecule has 1 aromatic heterocycles. The SMILES string of the molecule is COCC1CCN(c2ncc[nH]c2=O)CC1. The third-order valence-electron chi connectivity index (χ3n) is 3.01. The van der Waals surface area contributed by atoms with E-state index in [0.717, 1.165) is 32.5 Å². The minimum atomic E-state index is -0.104. The lowest BCUT2D eigenvalue weighted by Crippen LogP contribution is -2.38. The molecule has 5 heteroatoms. The maximum Gasteiger partial charge on any atom is 0.290 e. The van der Waals surface area contributed by atoms with Crippen LogP contribution in [0.1, 0.15) is 12.8 Å². The fraction of sp³-hybridized carbons (Fsp3) is 0.636. The highest BCUT2D eigenvalue weighted by Gasteiger charge is 2.21. The molecule has 0 amide bonds. The molecule has 2 rings (SSSR count). The monoisotopic (exact) mass is 223 g/mol. The zero-order chi connectivity index (χ0) is 11.4. The molecule has 2 heterocycles. The van der Waals surface area contributed by atoms with Crippen molar-refractivity contribution < 1.29 is 4.74 Å². The molecular formula is C11H17N3O2. The van der Waals surface area contributed by atoms with Crippen LogP contribution >= 0.6 is 0 Å². The number of nitrogens with one attached hydrogen (secondary N) is 1. The maximum absolute atomic E-state index is 11.5. The van der Waals surface area contributed by atoms with Gasteiger partial charge in [0, 0.05) is 39.2 Å². The summed E-state index contributed by atoms with van der Waals surface area (Å²) in [5, 5.41) is 0. The number of anilines is 1. The van der Waals surface area contributed by atoms with Crippen molar-refractivity contribution >= 4 is 5.82 Å². The second kappa shape index (κ2) is 5.12. The van der Waals surface area contributed by atoms with Crippen LogP contribution in [-0.4, -0.2) is 36.8 Å². The summed E-state index contributed by atoms with van der Waals surface area (Å²) in [6.07, 6.45) is 5.30. The van der Waals surface area contributed by atoms with Gasteiger partial charge in [0.15, 0.2) is 5.82 Å². The second-order valence-electron chi connectivity index (χ2n) is 4.13. The Morgan fingerprint density at radius 2 is 2.31 bits per heavy atom. The Kier molecular flexibility index (Phi) is 3.56. The van der Waals surface area contributed by atoms with Crippen molar-refractivity contribution in [1.82, 2.24) is 9.97 Å². The second-order valence-corrected chi connectivity index (χ2v) is 4.13. The Balaban J connectivity index is 1.99. The molecule has 88 valence electrons. The number of aromatic amines is 1. The van der Waals surface area contributed by atoms with E-state index in [-0.39, 0.29) is 5.56 Å². The normalized spacial score (nSPS) is 17.7. The Hall–Kier alpha value is -1.36. The predicted molar refractivity (Wildman–Crippen MR) is 61.7 cm³/mol. The lowest BCUT2D eigenvalue weighted by molar-refractivity contribution is 0.139. The first kappa shape index (κ1) is 11.1. The highest BCUT2D eigenvalue weighted by atomic mass is 16.5. The summed E-state index contributed by atoms with van der Waals surface area (Å²) in [5.74, 6) is 1.16. The average molecular weight is 223 g/mol. The van der Waals surface area contributed by atoms with E-state index in [1.807, 2.05) is 4.90 Å². The van der Waals surface area contributed by atoms with Gasteiger partial charge in [0.1, 0.15) is 0 Å². The van der Waals surface area contributed by atoms with E-state index in [1.54, 1.807) is 19.5 Å². The quantitative estimate of drug-likeness (QED) is 0.816. The summed E-state index contributed by atoms with van der Waals surface area (Å²) in [5.41, 5.74) is -0.104. The molecule has 0 bridgehead atoms. The van der Waals surface area contributed by atoms with E-state index in [9.17, 15) is 4.79 Å². The van der Waals surface area contributed by atoms with Crippen molar-refractivity contribution in [3.8, 4) is 0 Å². The molecule has 0 aliphatic carbocycles. The van der Waals surface area contributed by atoms with Gasteiger partial charge in [-0.2, -0.15) is 0 Å². The van der Waals surface area contributed by atoms with Crippen LogP contribution in [0.5, 0.6) is 0 Å². The average Bonchev–Trinajstić information content (AvgIpc) is 2.31. The topological polar surface area (TPSA) is 58.2 Å². The van der Waals surface area contributed by atoms with E-state index in [0.29, 0.717) is 11.7 Å². The molecule has 0 atom stereocenters.